The summed E-state index contributed by atoms with van der Waals surface area (Å²) in [5.74, 6) is 2.49. The smallest absolute Gasteiger partial charge is 0.228 e. The fraction of sp³-hybridized carbons (Fsp3) is 0.333. The summed E-state index contributed by atoms with van der Waals surface area (Å²) in [6.45, 7) is 4.41. The van der Waals surface area contributed by atoms with Crippen LogP contribution in [0.15, 0.2) is 59.8 Å². The lowest BCUT2D eigenvalue weighted by molar-refractivity contribution is 0.121. The van der Waals surface area contributed by atoms with Crippen molar-refractivity contribution in [3.05, 3.63) is 65.2 Å². The Morgan fingerprint density at radius 3 is 2.52 bits per heavy atom. The monoisotopic (exact) mass is 430 g/mol. The number of rotatable bonds is 8. The maximum atomic E-state index is 5.91. The second-order valence-corrected chi connectivity index (χ2v) is 8.10. The lowest BCUT2D eigenvalue weighted by Crippen LogP contribution is -2.38. The number of morpholine rings is 1. The highest BCUT2D eigenvalue weighted by atomic mass is 35.5. The fourth-order valence-electron chi connectivity index (χ4n) is 3.11. The maximum absolute atomic E-state index is 5.91. The Balaban J connectivity index is 1.43. The van der Waals surface area contributed by atoms with Crippen molar-refractivity contribution >= 4 is 29.3 Å². The number of nitrogens with zero attached hydrogens (tertiary/aromatic N) is 4. The van der Waals surface area contributed by atoms with Gasteiger partial charge in [-0.2, -0.15) is 0 Å². The molecule has 152 valence electrons. The van der Waals surface area contributed by atoms with E-state index in [0.717, 1.165) is 55.5 Å². The zero-order valence-electron chi connectivity index (χ0n) is 16.0. The summed E-state index contributed by atoms with van der Waals surface area (Å²) in [7, 11) is 0. The second-order valence-electron chi connectivity index (χ2n) is 6.60. The number of anilines is 1. The van der Waals surface area contributed by atoms with Crippen LogP contribution < -0.4 is 9.64 Å². The highest BCUT2D eigenvalue weighted by Gasteiger charge is 2.20. The molecule has 1 aliphatic heterocycles. The maximum Gasteiger partial charge on any atom is 0.228 e. The normalized spacial score (nSPS) is 14.2. The average molecular weight is 431 g/mol. The summed E-state index contributed by atoms with van der Waals surface area (Å²) in [6.07, 6.45) is 0. The Morgan fingerprint density at radius 2 is 1.76 bits per heavy atom. The van der Waals surface area contributed by atoms with E-state index in [9.17, 15) is 0 Å². The molecular weight excluding hydrogens is 408 g/mol. The van der Waals surface area contributed by atoms with Gasteiger partial charge in [-0.15, -0.1) is 10.2 Å². The number of aromatic nitrogens is 3. The van der Waals surface area contributed by atoms with Gasteiger partial charge in [0.25, 0.3) is 0 Å². The number of hydrogen-bond acceptors (Lipinski definition) is 6. The van der Waals surface area contributed by atoms with E-state index in [-0.39, 0.29) is 0 Å². The largest absolute Gasteiger partial charge is 0.493 e. The summed E-state index contributed by atoms with van der Waals surface area (Å²) in [5, 5.41) is 10.6. The third kappa shape index (κ3) is 5.44. The number of ether oxygens (including phenoxy) is 2. The summed E-state index contributed by atoms with van der Waals surface area (Å²) in [6, 6.07) is 17.8. The van der Waals surface area contributed by atoms with Crippen molar-refractivity contribution in [2.75, 3.05) is 43.6 Å². The van der Waals surface area contributed by atoms with E-state index >= 15 is 0 Å². The fourth-order valence-corrected chi connectivity index (χ4v) is 3.99. The molecule has 1 aromatic heterocycles. The molecule has 0 radical (unpaired) electrons. The molecule has 6 nitrogen and oxygen atoms in total. The molecule has 2 heterocycles. The minimum atomic E-state index is 0.581. The Morgan fingerprint density at radius 1 is 1.00 bits per heavy atom. The quantitative estimate of drug-likeness (QED) is 0.398. The lowest BCUT2D eigenvalue weighted by Gasteiger charge is -2.28. The molecule has 2 aromatic carbocycles. The highest BCUT2D eigenvalue weighted by Crippen LogP contribution is 2.24. The van der Waals surface area contributed by atoms with Crippen molar-refractivity contribution in [3.63, 3.8) is 0 Å². The molecule has 0 spiro atoms. The van der Waals surface area contributed by atoms with Gasteiger partial charge in [-0.1, -0.05) is 53.7 Å². The van der Waals surface area contributed by atoms with Gasteiger partial charge in [-0.3, -0.25) is 4.57 Å². The van der Waals surface area contributed by atoms with Crippen molar-refractivity contribution < 1.29 is 9.47 Å². The molecule has 1 fully saturated rings. The Bertz CT molecular complexity index is 899. The summed E-state index contributed by atoms with van der Waals surface area (Å²) in [4.78, 5) is 2.24. The first-order valence-corrected chi connectivity index (χ1v) is 11.0. The van der Waals surface area contributed by atoms with Gasteiger partial charge < -0.3 is 14.4 Å². The molecule has 29 heavy (non-hydrogen) atoms. The van der Waals surface area contributed by atoms with E-state index in [1.165, 1.54) is 5.56 Å². The van der Waals surface area contributed by atoms with Crippen LogP contribution >= 0.6 is 23.4 Å². The Kier molecular flexibility index (Phi) is 6.92. The van der Waals surface area contributed by atoms with Crippen LogP contribution in [0.4, 0.5) is 5.95 Å². The third-order valence-corrected chi connectivity index (χ3v) is 5.75. The van der Waals surface area contributed by atoms with Crippen LogP contribution in [0.1, 0.15) is 5.56 Å². The molecule has 0 atom stereocenters. The van der Waals surface area contributed by atoms with E-state index in [1.54, 1.807) is 11.8 Å². The number of halogens is 1. The number of hydrogen-bond donors (Lipinski definition) is 0. The van der Waals surface area contributed by atoms with Crippen LogP contribution in [0.25, 0.3) is 0 Å². The first kappa shape index (κ1) is 20.1. The van der Waals surface area contributed by atoms with Gasteiger partial charge in [-0.25, -0.2) is 0 Å². The first-order valence-electron chi connectivity index (χ1n) is 9.60. The number of thioether (sulfide) groups is 1. The second kappa shape index (κ2) is 10.0. The van der Waals surface area contributed by atoms with Crippen molar-refractivity contribution in [2.24, 2.45) is 0 Å². The van der Waals surface area contributed by atoms with Crippen molar-refractivity contribution in [1.29, 1.82) is 0 Å². The van der Waals surface area contributed by atoms with Crippen molar-refractivity contribution in [3.8, 4) is 5.75 Å². The SMILES string of the molecule is Clc1ccc(OCCSc2nnc(N3CCOCC3)n2Cc2ccccc2)cc1. The van der Waals surface area contributed by atoms with Crippen LogP contribution in [0.2, 0.25) is 5.02 Å². The van der Waals surface area contributed by atoms with Gasteiger partial charge in [-0.05, 0) is 29.8 Å². The molecule has 1 aliphatic rings. The summed E-state index contributed by atoms with van der Waals surface area (Å²) < 4.78 is 13.5. The minimum absolute atomic E-state index is 0.581. The van der Waals surface area contributed by atoms with Crippen LogP contribution in [-0.2, 0) is 11.3 Å². The molecule has 8 heteroatoms. The molecule has 1 saturated heterocycles. The molecule has 0 N–H and O–H groups in total. The molecule has 0 amide bonds. The topological polar surface area (TPSA) is 52.4 Å². The van der Waals surface area contributed by atoms with Gasteiger partial charge in [0.1, 0.15) is 5.75 Å². The third-order valence-electron chi connectivity index (χ3n) is 4.57. The van der Waals surface area contributed by atoms with Crippen LogP contribution in [0.5, 0.6) is 5.75 Å². The van der Waals surface area contributed by atoms with Gasteiger partial charge in [0, 0.05) is 23.9 Å². The number of benzene rings is 2. The van der Waals surface area contributed by atoms with Gasteiger partial charge in [0.2, 0.25) is 5.95 Å². The van der Waals surface area contributed by atoms with E-state index < -0.39 is 0 Å². The molecular formula is C21H23ClN4O2S. The molecule has 0 bridgehead atoms. The zero-order chi connectivity index (χ0) is 19.9. The van der Waals surface area contributed by atoms with Gasteiger partial charge in [0.15, 0.2) is 5.16 Å². The van der Waals surface area contributed by atoms with Crippen molar-refractivity contribution in [2.45, 2.75) is 11.7 Å². The van der Waals surface area contributed by atoms with Gasteiger partial charge >= 0.3 is 0 Å². The van der Waals surface area contributed by atoms with E-state index in [0.29, 0.717) is 11.6 Å². The minimum Gasteiger partial charge on any atom is -0.493 e. The van der Waals surface area contributed by atoms with E-state index in [2.05, 4.69) is 43.9 Å². The van der Waals surface area contributed by atoms with E-state index in [1.807, 2.05) is 30.3 Å². The molecule has 4 rings (SSSR count). The predicted molar refractivity (Wildman–Crippen MR) is 116 cm³/mol. The predicted octanol–water partition coefficient (Wildman–Crippen LogP) is 3.99. The van der Waals surface area contributed by atoms with Crippen LogP contribution in [0, 0.1) is 0 Å². The van der Waals surface area contributed by atoms with E-state index in [4.69, 9.17) is 21.1 Å². The molecule has 0 aliphatic carbocycles. The summed E-state index contributed by atoms with van der Waals surface area (Å²) >= 11 is 7.57. The van der Waals surface area contributed by atoms with Crippen LogP contribution in [0.3, 0.4) is 0 Å². The highest BCUT2D eigenvalue weighted by molar-refractivity contribution is 7.99. The van der Waals surface area contributed by atoms with Crippen LogP contribution in [-0.4, -0.2) is 53.4 Å². The van der Waals surface area contributed by atoms with Crippen molar-refractivity contribution in [1.82, 2.24) is 14.8 Å². The van der Waals surface area contributed by atoms with Gasteiger partial charge in [0.05, 0.1) is 26.4 Å². The lowest BCUT2D eigenvalue weighted by atomic mass is 10.2. The first-order chi connectivity index (χ1) is 14.3. The molecule has 0 saturated carbocycles. The standard InChI is InChI=1S/C21H23ClN4O2S/c22-18-6-8-19(9-7-18)28-14-15-29-21-24-23-20(25-10-12-27-13-11-25)26(21)16-17-4-2-1-3-5-17/h1-9H,10-16H2. The molecule has 0 unspecified atom stereocenters. The zero-order valence-corrected chi connectivity index (χ0v) is 17.6. The summed E-state index contributed by atoms with van der Waals surface area (Å²) in [5.41, 5.74) is 1.22. The Labute approximate surface area is 179 Å². The average Bonchev–Trinajstić information content (AvgIpc) is 3.16. The molecule has 3 aromatic rings. The Hall–Kier alpha value is -2.22.